The normalized spacial score (nSPS) is 10.3. The van der Waals surface area contributed by atoms with E-state index < -0.39 is 0 Å². The van der Waals surface area contributed by atoms with Gasteiger partial charge in [0, 0.05) is 17.5 Å². The Hall–Kier alpha value is -1.41. The number of aryl methyl sites for hydroxylation is 1. The van der Waals surface area contributed by atoms with Crippen LogP contribution in [0.2, 0.25) is 0 Å². The minimum Gasteiger partial charge on any atom is -0.333 e. The molecule has 82 valence electrons. The van der Waals surface area contributed by atoms with Crippen LogP contribution in [0.3, 0.4) is 0 Å². The summed E-state index contributed by atoms with van der Waals surface area (Å²) < 4.78 is 0. The van der Waals surface area contributed by atoms with Gasteiger partial charge in [0.2, 0.25) is 0 Å². The Morgan fingerprint density at radius 2 is 2.20 bits per heavy atom. The van der Waals surface area contributed by atoms with Crippen molar-refractivity contribution in [2.24, 2.45) is 5.73 Å². The second kappa shape index (κ2) is 7.94. The highest BCUT2D eigenvalue weighted by atomic mass is 14.7. The van der Waals surface area contributed by atoms with Gasteiger partial charge in [-0.15, -0.1) is 0 Å². The summed E-state index contributed by atoms with van der Waals surface area (Å²) in [5.41, 5.74) is 7.91. The third kappa shape index (κ3) is 4.09. The molecule has 0 aliphatic carbocycles. The maximum absolute atomic E-state index is 4.50. The molecule has 0 aliphatic heterocycles. The molecule has 15 heavy (non-hydrogen) atoms. The standard InChI is InChI=1S/C12H15N.CH5N/c1-4-7-11(5-2)12-8-6-9-13-10(12)3;1-2/h5-9H,2,4H2,1,3H3;2H2,1H3/b11-7-;. The van der Waals surface area contributed by atoms with E-state index in [1.807, 2.05) is 25.3 Å². The lowest BCUT2D eigenvalue weighted by Gasteiger charge is -2.04. The Morgan fingerprint density at radius 3 is 2.67 bits per heavy atom. The number of allylic oxidation sites excluding steroid dienone is 3. The van der Waals surface area contributed by atoms with Crippen molar-refractivity contribution in [3.63, 3.8) is 0 Å². The van der Waals surface area contributed by atoms with Gasteiger partial charge >= 0.3 is 0 Å². The van der Waals surface area contributed by atoms with E-state index in [2.05, 4.69) is 36.4 Å². The molecule has 0 radical (unpaired) electrons. The van der Waals surface area contributed by atoms with E-state index >= 15 is 0 Å². The summed E-state index contributed by atoms with van der Waals surface area (Å²) in [6.07, 6.45) is 6.88. The van der Waals surface area contributed by atoms with Crippen molar-refractivity contribution in [2.75, 3.05) is 7.05 Å². The zero-order valence-electron chi connectivity index (χ0n) is 9.83. The Labute approximate surface area is 92.5 Å². The van der Waals surface area contributed by atoms with Crippen LogP contribution in [0.4, 0.5) is 0 Å². The molecule has 1 aromatic rings. The maximum atomic E-state index is 4.50. The minimum atomic E-state index is 1.02. The fourth-order valence-electron chi connectivity index (χ4n) is 1.31. The first-order chi connectivity index (χ1) is 7.29. The molecule has 0 bridgehead atoms. The molecule has 2 nitrogen and oxygen atoms in total. The molecular weight excluding hydrogens is 184 g/mol. The van der Waals surface area contributed by atoms with Gasteiger partial charge in [-0.25, -0.2) is 0 Å². The average molecular weight is 204 g/mol. The molecule has 2 N–H and O–H groups in total. The number of hydrogen-bond acceptors (Lipinski definition) is 2. The van der Waals surface area contributed by atoms with E-state index in [9.17, 15) is 0 Å². The molecule has 0 saturated heterocycles. The van der Waals surface area contributed by atoms with E-state index in [1.165, 1.54) is 18.2 Å². The van der Waals surface area contributed by atoms with Crippen LogP contribution in [0.15, 0.2) is 37.1 Å². The quantitative estimate of drug-likeness (QED) is 0.769. The summed E-state index contributed by atoms with van der Waals surface area (Å²) in [6, 6.07) is 4.03. The van der Waals surface area contributed by atoms with Gasteiger partial charge in [-0.1, -0.05) is 31.7 Å². The highest BCUT2D eigenvalue weighted by Crippen LogP contribution is 2.17. The van der Waals surface area contributed by atoms with Crippen molar-refractivity contribution in [3.8, 4) is 0 Å². The molecule has 1 rings (SSSR count). The van der Waals surface area contributed by atoms with Crippen molar-refractivity contribution in [1.82, 2.24) is 4.98 Å². The molecule has 0 fully saturated rings. The largest absolute Gasteiger partial charge is 0.333 e. The average Bonchev–Trinajstić information content (AvgIpc) is 2.30. The second-order valence-electron chi connectivity index (χ2n) is 2.91. The lowest BCUT2D eigenvalue weighted by atomic mass is 10.0. The highest BCUT2D eigenvalue weighted by Gasteiger charge is 2.00. The Morgan fingerprint density at radius 1 is 1.53 bits per heavy atom. The molecular formula is C13H20N2. The summed E-state index contributed by atoms with van der Waals surface area (Å²) in [4.78, 5) is 4.24. The van der Waals surface area contributed by atoms with Gasteiger partial charge in [0.05, 0.1) is 0 Å². The summed E-state index contributed by atoms with van der Waals surface area (Å²) in [6.45, 7) is 7.94. The van der Waals surface area contributed by atoms with Crippen LogP contribution >= 0.6 is 0 Å². The predicted molar refractivity (Wildman–Crippen MR) is 67.6 cm³/mol. The first kappa shape index (κ1) is 13.6. The van der Waals surface area contributed by atoms with E-state index in [-0.39, 0.29) is 0 Å². The van der Waals surface area contributed by atoms with Crippen LogP contribution in [0.5, 0.6) is 0 Å². The molecule has 0 amide bonds. The van der Waals surface area contributed by atoms with Crippen molar-refractivity contribution in [2.45, 2.75) is 20.3 Å². The molecule has 0 unspecified atom stereocenters. The minimum absolute atomic E-state index is 1.02. The molecule has 0 spiro atoms. The van der Waals surface area contributed by atoms with Gasteiger partial charge < -0.3 is 5.73 Å². The van der Waals surface area contributed by atoms with Gasteiger partial charge in [0.25, 0.3) is 0 Å². The van der Waals surface area contributed by atoms with E-state index in [4.69, 9.17) is 0 Å². The highest BCUT2D eigenvalue weighted by molar-refractivity contribution is 5.74. The fraction of sp³-hybridized carbons (Fsp3) is 0.308. The van der Waals surface area contributed by atoms with Gasteiger partial charge in [-0.05, 0) is 32.0 Å². The number of rotatable bonds is 3. The fourth-order valence-corrected chi connectivity index (χ4v) is 1.31. The van der Waals surface area contributed by atoms with Crippen LogP contribution in [0.1, 0.15) is 24.6 Å². The van der Waals surface area contributed by atoms with Gasteiger partial charge in [0.15, 0.2) is 0 Å². The Kier molecular flexibility index (Phi) is 7.20. The summed E-state index contributed by atoms with van der Waals surface area (Å²) >= 11 is 0. The smallest absolute Gasteiger partial charge is 0.0450 e. The number of hydrogen-bond donors (Lipinski definition) is 1. The molecule has 0 aromatic carbocycles. The SMILES string of the molecule is C=C/C(=C/CC)c1cccnc1C.CN. The van der Waals surface area contributed by atoms with E-state index in [0.717, 1.165) is 12.1 Å². The second-order valence-corrected chi connectivity index (χ2v) is 2.91. The maximum Gasteiger partial charge on any atom is 0.0450 e. The van der Waals surface area contributed by atoms with Gasteiger partial charge in [0.1, 0.15) is 0 Å². The molecule has 1 aromatic heterocycles. The number of nitrogens with zero attached hydrogens (tertiary/aromatic N) is 1. The summed E-state index contributed by atoms with van der Waals surface area (Å²) in [7, 11) is 1.50. The molecule has 0 aliphatic rings. The predicted octanol–water partition coefficient (Wildman–Crippen LogP) is 2.94. The molecule has 2 heteroatoms. The van der Waals surface area contributed by atoms with Crippen molar-refractivity contribution in [1.29, 1.82) is 0 Å². The van der Waals surface area contributed by atoms with E-state index in [1.54, 1.807) is 0 Å². The zero-order valence-corrected chi connectivity index (χ0v) is 9.83. The topological polar surface area (TPSA) is 38.9 Å². The van der Waals surface area contributed by atoms with Crippen LogP contribution in [0, 0.1) is 6.92 Å². The van der Waals surface area contributed by atoms with Crippen LogP contribution in [-0.2, 0) is 0 Å². The molecule has 0 atom stereocenters. The number of pyridine rings is 1. The summed E-state index contributed by atoms with van der Waals surface area (Å²) in [5, 5.41) is 0. The zero-order chi connectivity index (χ0) is 11.7. The number of nitrogens with two attached hydrogens (primary N) is 1. The third-order valence-corrected chi connectivity index (χ3v) is 1.96. The lowest BCUT2D eigenvalue weighted by molar-refractivity contribution is 1.17. The van der Waals surface area contributed by atoms with Gasteiger partial charge in [-0.2, -0.15) is 0 Å². The monoisotopic (exact) mass is 204 g/mol. The molecule has 1 heterocycles. The van der Waals surface area contributed by atoms with Crippen molar-refractivity contribution in [3.05, 3.63) is 48.3 Å². The Bertz CT molecular complexity index is 327. The Balaban J connectivity index is 0.000000921. The lowest BCUT2D eigenvalue weighted by Crippen LogP contribution is -1.89. The van der Waals surface area contributed by atoms with Crippen molar-refractivity contribution >= 4 is 5.57 Å². The van der Waals surface area contributed by atoms with Crippen LogP contribution in [-0.4, -0.2) is 12.0 Å². The third-order valence-electron chi connectivity index (χ3n) is 1.96. The molecule has 0 saturated carbocycles. The van der Waals surface area contributed by atoms with E-state index in [0.29, 0.717) is 0 Å². The first-order valence-electron chi connectivity index (χ1n) is 5.12. The van der Waals surface area contributed by atoms with Gasteiger partial charge in [-0.3, -0.25) is 4.98 Å². The number of aromatic nitrogens is 1. The summed E-state index contributed by atoms with van der Waals surface area (Å²) in [5.74, 6) is 0. The van der Waals surface area contributed by atoms with Crippen molar-refractivity contribution < 1.29 is 0 Å². The van der Waals surface area contributed by atoms with Crippen LogP contribution < -0.4 is 5.73 Å². The first-order valence-corrected chi connectivity index (χ1v) is 5.12. The van der Waals surface area contributed by atoms with Crippen LogP contribution in [0.25, 0.3) is 5.57 Å².